The lowest BCUT2D eigenvalue weighted by atomic mass is 9.95. The Morgan fingerprint density at radius 1 is 1.14 bits per heavy atom. The van der Waals surface area contributed by atoms with Crippen molar-refractivity contribution in [1.29, 1.82) is 0 Å². The number of nitrogens with one attached hydrogen (secondary N) is 1. The number of hydrogen-bond acceptors (Lipinski definition) is 3. The molecule has 2 saturated heterocycles. The fourth-order valence-corrected chi connectivity index (χ4v) is 3.95. The summed E-state index contributed by atoms with van der Waals surface area (Å²) in [4.78, 5) is 41.4. The van der Waals surface area contributed by atoms with Crippen LogP contribution in [0, 0.1) is 24.7 Å². The Morgan fingerprint density at radius 3 is 2.54 bits per heavy atom. The zero-order valence-corrected chi connectivity index (χ0v) is 17.1. The second-order valence-electron chi connectivity index (χ2n) is 8.50. The van der Waals surface area contributed by atoms with Gasteiger partial charge in [-0.25, -0.2) is 0 Å². The van der Waals surface area contributed by atoms with Crippen molar-refractivity contribution < 1.29 is 14.4 Å². The number of carbonyl (C=O) groups is 3. The van der Waals surface area contributed by atoms with Gasteiger partial charge in [0.2, 0.25) is 17.7 Å². The first kappa shape index (κ1) is 20.4. The van der Waals surface area contributed by atoms with Gasteiger partial charge in [0.1, 0.15) is 0 Å². The third kappa shape index (κ3) is 4.72. The highest BCUT2D eigenvalue weighted by Crippen LogP contribution is 2.28. The molecule has 2 aliphatic rings. The minimum atomic E-state index is -0.328. The summed E-state index contributed by atoms with van der Waals surface area (Å²) >= 11 is 0. The number of nitrogens with zero attached hydrogens (tertiary/aromatic N) is 2. The molecule has 6 nitrogen and oxygen atoms in total. The zero-order chi connectivity index (χ0) is 20.3. The van der Waals surface area contributed by atoms with Gasteiger partial charge in [0.05, 0.1) is 11.8 Å². The minimum absolute atomic E-state index is 0.00400. The van der Waals surface area contributed by atoms with E-state index in [2.05, 4.69) is 19.2 Å². The van der Waals surface area contributed by atoms with Gasteiger partial charge in [-0.1, -0.05) is 31.5 Å². The van der Waals surface area contributed by atoms with Crippen LogP contribution < -0.4 is 10.2 Å². The SMILES string of the molecule is Cc1ccc(N2CC(C(=O)N3CCCC(C(=O)NCC(C)C)C3)CC2=O)cc1. The lowest BCUT2D eigenvalue weighted by Gasteiger charge is -2.33. The standard InChI is InChI=1S/C22H31N3O3/c1-15(2)12-23-21(27)17-5-4-10-24(13-17)22(28)18-11-20(26)25(14-18)19-8-6-16(3)7-9-19/h6-9,15,17-18H,4-5,10-14H2,1-3H3,(H,23,27). The maximum absolute atomic E-state index is 13.0. The van der Waals surface area contributed by atoms with Crippen molar-refractivity contribution in [3.63, 3.8) is 0 Å². The molecule has 1 aromatic rings. The monoisotopic (exact) mass is 385 g/mol. The Labute approximate surface area is 167 Å². The Balaban J connectivity index is 1.59. The minimum Gasteiger partial charge on any atom is -0.356 e. The molecule has 152 valence electrons. The van der Waals surface area contributed by atoms with E-state index in [0.29, 0.717) is 32.1 Å². The van der Waals surface area contributed by atoms with Crippen LogP contribution in [0.5, 0.6) is 0 Å². The van der Waals surface area contributed by atoms with E-state index >= 15 is 0 Å². The molecule has 2 fully saturated rings. The molecule has 0 radical (unpaired) electrons. The number of carbonyl (C=O) groups excluding carboxylic acids is 3. The van der Waals surface area contributed by atoms with Gasteiger partial charge >= 0.3 is 0 Å². The summed E-state index contributed by atoms with van der Waals surface area (Å²) in [5.41, 5.74) is 1.98. The summed E-state index contributed by atoms with van der Waals surface area (Å²) in [6.45, 7) is 8.33. The molecule has 0 aromatic heterocycles. The molecule has 2 unspecified atom stereocenters. The number of rotatable bonds is 5. The van der Waals surface area contributed by atoms with Crippen LogP contribution in [0.4, 0.5) is 5.69 Å². The third-order valence-electron chi connectivity index (χ3n) is 5.61. The number of hydrogen-bond donors (Lipinski definition) is 1. The second kappa shape index (κ2) is 8.76. The topological polar surface area (TPSA) is 69.7 Å². The molecule has 0 bridgehead atoms. The highest BCUT2D eigenvalue weighted by molar-refractivity contribution is 6.00. The van der Waals surface area contributed by atoms with Gasteiger partial charge in [-0.2, -0.15) is 0 Å². The van der Waals surface area contributed by atoms with Gasteiger partial charge in [-0.15, -0.1) is 0 Å². The Hall–Kier alpha value is -2.37. The summed E-state index contributed by atoms with van der Waals surface area (Å²) in [5.74, 6) is -0.0414. The number of likely N-dealkylation sites (tertiary alicyclic amines) is 1. The van der Waals surface area contributed by atoms with Crippen molar-refractivity contribution in [1.82, 2.24) is 10.2 Å². The molecule has 0 spiro atoms. The average molecular weight is 386 g/mol. The van der Waals surface area contributed by atoms with E-state index in [1.165, 1.54) is 0 Å². The van der Waals surface area contributed by atoms with E-state index in [0.717, 1.165) is 24.1 Å². The van der Waals surface area contributed by atoms with Crippen LogP contribution in [0.1, 0.15) is 38.7 Å². The Morgan fingerprint density at radius 2 is 1.86 bits per heavy atom. The van der Waals surface area contributed by atoms with E-state index in [4.69, 9.17) is 0 Å². The van der Waals surface area contributed by atoms with Crippen LogP contribution in [0.25, 0.3) is 0 Å². The third-order valence-corrected chi connectivity index (χ3v) is 5.61. The number of aryl methyl sites for hydroxylation is 1. The number of benzene rings is 1. The maximum Gasteiger partial charge on any atom is 0.228 e. The van der Waals surface area contributed by atoms with Gasteiger partial charge < -0.3 is 15.1 Å². The number of piperidine rings is 1. The molecular weight excluding hydrogens is 354 g/mol. The maximum atomic E-state index is 13.0. The van der Waals surface area contributed by atoms with Gasteiger partial charge in [-0.3, -0.25) is 14.4 Å². The second-order valence-corrected chi connectivity index (χ2v) is 8.50. The molecule has 2 heterocycles. The van der Waals surface area contributed by atoms with Crippen molar-refractivity contribution >= 4 is 23.4 Å². The highest BCUT2D eigenvalue weighted by Gasteiger charge is 2.39. The Kier molecular flexibility index (Phi) is 6.37. The summed E-state index contributed by atoms with van der Waals surface area (Å²) in [7, 11) is 0. The van der Waals surface area contributed by atoms with Gasteiger partial charge in [0.15, 0.2) is 0 Å². The van der Waals surface area contributed by atoms with E-state index in [-0.39, 0.29) is 36.0 Å². The highest BCUT2D eigenvalue weighted by atomic mass is 16.2. The molecule has 28 heavy (non-hydrogen) atoms. The molecule has 0 aliphatic carbocycles. The van der Waals surface area contributed by atoms with Gasteiger partial charge in [-0.05, 0) is 37.8 Å². The molecule has 0 saturated carbocycles. The molecule has 1 aromatic carbocycles. The number of amides is 3. The predicted molar refractivity (Wildman–Crippen MR) is 109 cm³/mol. The molecule has 3 amide bonds. The van der Waals surface area contributed by atoms with E-state index < -0.39 is 0 Å². The van der Waals surface area contributed by atoms with Crippen LogP contribution in [0.3, 0.4) is 0 Å². The lowest BCUT2D eigenvalue weighted by molar-refractivity contribution is -0.139. The summed E-state index contributed by atoms with van der Waals surface area (Å²) in [6, 6.07) is 7.80. The van der Waals surface area contributed by atoms with Crippen LogP contribution in [0.15, 0.2) is 24.3 Å². The molecular formula is C22H31N3O3. The number of anilines is 1. The smallest absolute Gasteiger partial charge is 0.228 e. The van der Waals surface area contributed by atoms with Crippen molar-refractivity contribution in [2.75, 3.05) is 31.1 Å². The van der Waals surface area contributed by atoms with E-state index in [9.17, 15) is 14.4 Å². The average Bonchev–Trinajstić information content (AvgIpc) is 3.07. The van der Waals surface area contributed by atoms with Crippen molar-refractivity contribution in [2.45, 2.75) is 40.0 Å². The molecule has 2 atom stereocenters. The first-order valence-corrected chi connectivity index (χ1v) is 10.3. The lowest BCUT2D eigenvalue weighted by Crippen LogP contribution is -2.48. The zero-order valence-electron chi connectivity index (χ0n) is 17.1. The summed E-state index contributed by atoms with van der Waals surface area (Å²) in [6.07, 6.45) is 1.88. The first-order valence-electron chi connectivity index (χ1n) is 10.3. The van der Waals surface area contributed by atoms with Crippen LogP contribution >= 0.6 is 0 Å². The van der Waals surface area contributed by atoms with E-state index in [1.54, 1.807) is 9.80 Å². The van der Waals surface area contributed by atoms with Crippen LogP contribution in [-0.4, -0.2) is 48.8 Å². The van der Waals surface area contributed by atoms with Crippen molar-refractivity contribution in [3.8, 4) is 0 Å². The molecule has 1 N–H and O–H groups in total. The summed E-state index contributed by atoms with van der Waals surface area (Å²) in [5, 5.41) is 2.98. The fraction of sp³-hybridized carbons (Fsp3) is 0.591. The molecule has 2 aliphatic heterocycles. The quantitative estimate of drug-likeness (QED) is 0.846. The van der Waals surface area contributed by atoms with Gasteiger partial charge in [0, 0.05) is 38.3 Å². The molecule has 3 rings (SSSR count). The predicted octanol–water partition coefficient (Wildman–Crippen LogP) is 2.36. The normalized spacial score (nSPS) is 22.6. The van der Waals surface area contributed by atoms with Crippen molar-refractivity contribution in [2.24, 2.45) is 17.8 Å². The fourth-order valence-electron chi connectivity index (χ4n) is 3.95. The van der Waals surface area contributed by atoms with Crippen LogP contribution in [0.2, 0.25) is 0 Å². The van der Waals surface area contributed by atoms with Gasteiger partial charge in [0.25, 0.3) is 0 Å². The summed E-state index contributed by atoms with van der Waals surface area (Å²) < 4.78 is 0. The van der Waals surface area contributed by atoms with Crippen molar-refractivity contribution in [3.05, 3.63) is 29.8 Å². The first-order chi connectivity index (χ1) is 13.3. The molecule has 6 heteroatoms. The largest absolute Gasteiger partial charge is 0.356 e. The van der Waals surface area contributed by atoms with Crippen LogP contribution in [-0.2, 0) is 14.4 Å². The Bertz CT molecular complexity index is 729. The van der Waals surface area contributed by atoms with E-state index in [1.807, 2.05) is 31.2 Å².